The van der Waals surface area contributed by atoms with E-state index < -0.39 is 10.1 Å². The molecule has 1 saturated heterocycles. The third-order valence-electron chi connectivity index (χ3n) is 8.70. The summed E-state index contributed by atoms with van der Waals surface area (Å²) in [6, 6.07) is 12.1. The van der Waals surface area contributed by atoms with Crippen molar-refractivity contribution in [1.29, 1.82) is 0 Å². The van der Waals surface area contributed by atoms with Gasteiger partial charge in [-0.15, -0.1) is 0 Å². The van der Waals surface area contributed by atoms with Gasteiger partial charge in [-0.25, -0.2) is 13.0 Å². The van der Waals surface area contributed by atoms with E-state index in [-0.39, 0.29) is 17.3 Å². The normalized spacial score (nSPS) is 16.2. The van der Waals surface area contributed by atoms with Gasteiger partial charge in [0.1, 0.15) is 22.8 Å². The molecule has 47 heavy (non-hydrogen) atoms. The fraction of sp³-hybridized carbons (Fsp3) is 0.718. The number of nitrogens with zero attached hydrogens (tertiary/aromatic N) is 1. The Labute approximate surface area is 287 Å². The molecule has 1 aliphatic rings. The highest BCUT2D eigenvalue weighted by molar-refractivity contribution is 7.85. The summed E-state index contributed by atoms with van der Waals surface area (Å²) in [5, 5.41) is 0. The van der Waals surface area contributed by atoms with Crippen molar-refractivity contribution in [1.82, 2.24) is 0 Å². The van der Waals surface area contributed by atoms with Gasteiger partial charge in [0.2, 0.25) is 0 Å². The maximum absolute atomic E-state index is 10.4. The molecule has 1 fully saturated rings. The molecular weight excluding hydrogens is 610 g/mol. The van der Waals surface area contributed by atoms with Crippen molar-refractivity contribution >= 4 is 10.1 Å². The smallest absolute Gasteiger partial charge is 0.168 e. The van der Waals surface area contributed by atoms with E-state index in [2.05, 4.69) is 42.1 Å². The Kier molecular flexibility index (Phi) is 23.8. The predicted molar refractivity (Wildman–Crippen MR) is 189 cm³/mol. The van der Waals surface area contributed by atoms with Crippen molar-refractivity contribution in [3.63, 3.8) is 0 Å². The second-order valence-corrected chi connectivity index (χ2v) is 14.5. The molecule has 1 aromatic heterocycles. The molecular formula is C39H65NO6S. The first-order valence-electron chi connectivity index (χ1n) is 18.7. The molecule has 0 amide bonds. The van der Waals surface area contributed by atoms with E-state index >= 15 is 0 Å². The lowest BCUT2D eigenvalue weighted by Crippen LogP contribution is -2.32. The van der Waals surface area contributed by atoms with Gasteiger partial charge >= 0.3 is 0 Å². The first-order valence-corrected chi connectivity index (χ1v) is 20.1. The number of hydrogen-bond acceptors (Lipinski definition) is 6. The zero-order chi connectivity index (χ0) is 33.8. The van der Waals surface area contributed by atoms with Crippen LogP contribution in [-0.2, 0) is 30.9 Å². The summed E-state index contributed by atoms with van der Waals surface area (Å²) >= 11 is 0. The molecule has 0 saturated carbocycles. The first kappa shape index (κ1) is 41.3. The van der Waals surface area contributed by atoms with Crippen LogP contribution in [0.3, 0.4) is 0 Å². The minimum absolute atomic E-state index is 0.000331. The molecule has 268 valence electrons. The van der Waals surface area contributed by atoms with Crippen LogP contribution in [0.15, 0.2) is 59.8 Å². The number of aromatic nitrogens is 1. The van der Waals surface area contributed by atoms with Crippen molar-refractivity contribution < 1.29 is 31.7 Å². The summed E-state index contributed by atoms with van der Waals surface area (Å²) in [6.07, 6.45) is 31.2. The summed E-state index contributed by atoms with van der Waals surface area (Å²) in [4.78, 5) is -0.178. The van der Waals surface area contributed by atoms with Crippen molar-refractivity contribution in [2.75, 3.05) is 19.8 Å². The fourth-order valence-electron chi connectivity index (χ4n) is 5.78. The topological polar surface area (TPSA) is 88.8 Å². The SMILES string of the molecule is CCCCCCCCCCCCCCC[C@H]1OC[C@H](COCCCCCCCC[n+]2ccccc2)O1.Cc1ccc(S(=O)(=O)[O-])cc1. The molecule has 0 radical (unpaired) electrons. The minimum atomic E-state index is -4.27. The quantitative estimate of drug-likeness (QED) is 0.0561. The molecule has 0 spiro atoms. The van der Waals surface area contributed by atoms with Crippen LogP contribution >= 0.6 is 0 Å². The van der Waals surface area contributed by atoms with Crippen LogP contribution in [0, 0.1) is 6.92 Å². The molecule has 2 atom stereocenters. The number of benzene rings is 1. The first-order chi connectivity index (χ1) is 22.9. The molecule has 7 nitrogen and oxygen atoms in total. The molecule has 0 N–H and O–H groups in total. The maximum Gasteiger partial charge on any atom is 0.168 e. The van der Waals surface area contributed by atoms with Crippen LogP contribution in [0.5, 0.6) is 0 Å². The Balaban J connectivity index is 0.000000587. The van der Waals surface area contributed by atoms with Crippen LogP contribution < -0.4 is 4.57 Å². The van der Waals surface area contributed by atoms with E-state index in [1.807, 2.05) is 6.92 Å². The van der Waals surface area contributed by atoms with E-state index in [9.17, 15) is 13.0 Å². The second kappa shape index (κ2) is 27.0. The van der Waals surface area contributed by atoms with Crippen LogP contribution in [-0.4, -0.2) is 45.2 Å². The Morgan fingerprint density at radius 1 is 0.745 bits per heavy atom. The third-order valence-corrected chi connectivity index (χ3v) is 9.55. The molecule has 2 heterocycles. The summed E-state index contributed by atoms with van der Waals surface area (Å²) in [6.45, 7) is 7.48. The third kappa shape index (κ3) is 22.4. The Morgan fingerprint density at radius 2 is 1.28 bits per heavy atom. The van der Waals surface area contributed by atoms with E-state index in [1.54, 1.807) is 12.1 Å². The molecule has 0 unspecified atom stereocenters. The monoisotopic (exact) mass is 675 g/mol. The van der Waals surface area contributed by atoms with Gasteiger partial charge in [-0.05, 0) is 44.7 Å². The lowest BCUT2D eigenvalue weighted by atomic mass is 10.0. The number of hydrogen-bond donors (Lipinski definition) is 0. The molecule has 0 aliphatic carbocycles. The highest BCUT2D eigenvalue weighted by Crippen LogP contribution is 2.19. The highest BCUT2D eigenvalue weighted by Gasteiger charge is 2.25. The number of pyridine rings is 1. The van der Waals surface area contributed by atoms with Crippen molar-refractivity contribution in [3.8, 4) is 0 Å². The van der Waals surface area contributed by atoms with Crippen LogP contribution in [0.2, 0.25) is 0 Å². The Morgan fingerprint density at radius 3 is 1.85 bits per heavy atom. The Hall–Kier alpha value is -1.84. The number of unbranched alkanes of at least 4 members (excludes halogenated alkanes) is 17. The number of rotatable bonds is 26. The van der Waals surface area contributed by atoms with E-state index in [0.29, 0.717) is 13.2 Å². The maximum atomic E-state index is 10.4. The molecule has 8 heteroatoms. The average molecular weight is 676 g/mol. The van der Waals surface area contributed by atoms with Gasteiger partial charge in [-0.2, -0.15) is 0 Å². The van der Waals surface area contributed by atoms with Gasteiger partial charge < -0.3 is 18.8 Å². The van der Waals surface area contributed by atoms with E-state index in [1.165, 1.54) is 128 Å². The average Bonchev–Trinajstić information content (AvgIpc) is 3.52. The largest absolute Gasteiger partial charge is 0.744 e. The van der Waals surface area contributed by atoms with Crippen LogP contribution in [0.25, 0.3) is 0 Å². The lowest BCUT2D eigenvalue weighted by Gasteiger charge is -2.12. The highest BCUT2D eigenvalue weighted by atomic mass is 32.2. The molecule has 0 bridgehead atoms. The number of aryl methyl sites for hydroxylation is 2. The van der Waals surface area contributed by atoms with Gasteiger partial charge in [-0.3, -0.25) is 0 Å². The van der Waals surface area contributed by atoms with Gasteiger partial charge in [0.25, 0.3) is 0 Å². The minimum Gasteiger partial charge on any atom is -0.744 e. The summed E-state index contributed by atoms with van der Waals surface area (Å²) in [5.41, 5.74) is 0.928. The molecule has 1 aromatic carbocycles. The summed E-state index contributed by atoms with van der Waals surface area (Å²) in [5.74, 6) is 0. The Bertz CT molecular complexity index is 1100. The van der Waals surface area contributed by atoms with Crippen molar-refractivity contribution in [3.05, 3.63) is 60.4 Å². The molecule has 2 aromatic rings. The van der Waals surface area contributed by atoms with E-state index in [4.69, 9.17) is 14.2 Å². The summed E-state index contributed by atoms with van der Waals surface area (Å²) < 4.78 is 51.2. The van der Waals surface area contributed by atoms with E-state index in [0.717, 1.165) is 31.6 Å². The zero-order valence-electron chi connectivity index (χ0n) is 29.6. The fourth-order valence-corrected chi connectivity index (χ4v) is 6.25. The van der Waals surface area contributed by atoms with Crippen molar-refractivity contribution in [2.24, 2.45) is 0 Å². The molecule has 1 aliphatic heterocycles. The van der Waals surface area contributed by atoms with Gasteiger partial charge in [-0.1, -0.05) is 127 Å². The summed E-state index contributed by atoms with van der Waals surface area (Å²) in [7, 11) is -4.27. The van der Waals surface area contributed by atoms with Gasteiger partial charge in [0.15, 0.2) is 18.7 Å². The molecule has 3 rings (SSSR count). The second-order valence-electron chi connectivity index (χ2n) is 13.1. The van der Waals surface area contributed by atoms with Gasteiger partial charge in [0.05, 0.1) is 18.1 Å². The predicted octanol–water partition coefficient (Wildman–Crippen LogP) is 9.45. The van der Waals surface area contributed by atoms with Gasteiger partial charge in [0, 0.05) is 25.2 Å². The zero-order valence-corrected chi connectivity index (χ0v) is 30.4. The number of ether oxygens (including phenoxy) is 3. The van der Waals surface area contributed by atoms with Crippen LogP contribution in [0.4, 0.5) is 0 Å². The standard InChI is InChI=1S/C32H58NO3.C7H8O3S/c1-2-3-4-5-6-7-8-9-10-11-12-15-19-24-32-35-30-31(36-32)29-34-28-23-17-14-13-16-20-25-33-26-21-18-22-27-33;1-6-2-4-7(5-3-6)11(8,9)10/h18,21-22,26-27,31-32H,2-17,19-20,23-25,28-30H2,1H3;2-5H,1H3,(H,8,9,10)/q+1;/p-1/t31-,32-;/m0./s1. The lowest BCUT2D eigenvalue weighted by molar-refractivity contribution is -0.697. The van der Waals surface area contributed by atoms with Crippen LogP contribution in [0.1, 0.15) is 141 Å². The van der Waals surface area contributed by atoms with Crippen molar-refractivity contribution in [2.45, 2.75) is 166 Å².